The smallest absolute Gasteiger partial charge is 0.164 e. The summed E-state index contributed by atoms with van der Waals surface area (Å²) in [6.07, 6.45) is 6.10. The third-order valence-electron chi connectivity index (χ3n) is 2.58. The molecule has 2 heterocycles. The summed E-state index contributed by atoms with van der Waals surface area (Å²) in [6, 6.07) is 2.23. The lowest BCUT2D eigenvalue weighted by molar-refractivity contribution is 0.569. The van der Waals surface area contributed by atoms with Crippen LogP contribution in [0.25, 0.3) is 11.2 Å². The first kappa shape index (κ1) is 11.9. The van der Waals surface area contributed by atoms with Crippen LogP contribution in [0.3, 0.4) is 0 Å². The van der Waals surface area contributed by atoms with Gasteiger partial charge in [-0.15, -0.1) is 11.8 Å². The predicted octanol–water partition coefficient (Wildman–Crippen LogP) is 2.10. The number of imidazole rings is 1. The van der Waals surface area contributed by atoms with Crippen molar-refractivity contribution in [3.63, 3.8) is 0 Å². The van der Waals surface area contributed by atoms with Gasteiger partial charge >= 0.3 is 0 Å². The quantitative estimate of drug-likeness (QED) is 0.611. The van der Waals surface area contributed by atoms with Gasteiger partial charge in [-0.1, -0.05) is 0 Å². The largest absolute Gasteiger partial charge is 0.315 e. The molecule has 2 aromatic rings. The summed E-state index contributed by atoms with van der Waals surface area (Å²) in [6.45, 7) is 2.68. The van der Waals surface area contributed by atoms with Crippen molar-refractivity contribution in [3.05, 3.63) is 12.7 Å². The average molecular weight is 247 g/mol. The SMILES string of the molecule is CSc1ncnc2c1ncn2CCC(C)C#N. The Morgan fingerprint density at radius 2 is 2.29 bits per heavy atom. The van der Waals surface area contributed by atoms with Gasteiger partial charge in [-0.25, -0.2) is 15.0 Å². The predicted molar refractivity (Wildman–Crippen MR) is 66.5 cm³/mol. The van der Waals surface area contributed by atoms with Gasteiger partial charge in [0.2, 0.25) is 0 Å². The highest BCUT2D eigenvalue weighted by Crippen LogP contribution is 2.21. The summed E-state index contributed by atoms with van der Waals surface area (Å²) in [5, 5.41) is 9.65. The molecule has 0 amide bonds. The van der Waals surface area contributed by atoms with E-state index in [0.717, 1.165) is 29.2 Å². The molecular weight excluding hydrogens is 234 g/mol. The Morgan fingerprint density at radius 3 is 3.00 bits per heavy atom. The number of thioether (sulfide) groups is 1. The topological polar surface area (TPSA) is 67.4 Å². The van der Waals surface area contributed by atoms with Crippen LogP contribution in [-0.2, 0) is 6.54 Å². The Bertz CT molecular complexity index is 556. The van der Waals surface area contributed by atoms with Crippen LogP contribution in [0.15, 0.2) is 17.7 Å². The van der Waals surface area contributed by atoms with Crippen molar-refractivity contribution in [2.45, 2.75) is 24.9 Å². The van der Waals surface area contributed by atoms with Crippen LogP contribution in [0.1, 0.15) is 13.3 Å². The van der Waals surface area contributed by atoms with Gasteiger partial charge in [-0.05, 0) is 19.6 Å². The van der Waals surface area contributed by atoms with E-state index in [4.69, 9.17) is 5.26 Å². The lowest BCUT2D eigenvalue weighted by Crippen LogP contribution is -2.02. The van der Waals surface area contributed by atoms with E-state index in [9.17, 15) is 0 Å². The van der Waals surface area contributed by atoms with Crippen LogP contribution in [0, 0.1) is 17.2 Å². The summed E-state index contributed by atoms with van der Waals surface area (Å²) in [5.41, 5.74) is 1.68. The van der Waals surface area contributed by atoms with E-state index in [1.54, 1.807) is 24.4 Å². The lowest BCUT2D eigenvalue weighted by atomic mass is 10.1. The first-order chi connectivity index (χ1) is 8.26. The molecule has 0 aliphatic heterocycles. The molecule has 1 unspecified atom stereocenters. The summed E-state index contributed by atoms with van der Waals surface area (Å²) < 4.78 is 1.98. The number of fused-ring (bicyclic) bond motifs is 1. The van der Waals surface area contributed by atoms with Gasteiger partial charge < -0.3 is 4.57 Å². The van der Waals surface area contributed by atoms with E-state index in [-0.39, 0.29) is 5.92 Å². The van der Waals surface area contributed by atoms with Crippen molar-refractivity contribution in [3.8, 4) is 6.07 Å². The zero-order valence-electron chi connectivity index (χ0n) is 9.79. The fraction of sp³-hybridized carbons (Fsp3) is 0.455. The number of hydrogen-bond donors (Lipinski definition) is 0. The van der Waals surface area contributed by atoms with Crippen LogP contribution >= 0.6 is 11.8 Å². The average Bonchev–Trinajstić information content (AvgIpc) is 2.78. The van der Waals surface area contributed by atoms with Crippen LogP contribution in [0.5, 0.6) is 0 Å². The molecule has 0 aromatic carbocycles. The Labute approximate surface area is 104 Å². The van der Waals surface area contributed by atoms with Gasteiger partial charge in [-0.2, -0.15) is 5.26 Å². The fourth-order valence-corrected chi connectivity index (χ4v) is 2.06. The molecule has 5 nitrogen and oxygen atoms in total. The first-order valence-corrected chi connectivity index (χ1v) is 6.58. The Morgan fingerprint density at radius 1 is 1.47 bits per heavy atom. The molecular formula is C11H13N5S. The normalized spacial score (nSPS) is 12.5. The van der Waals surface area contributed by atoms with Crippen molar-refractivity contribution < 1.29 is 0 Å². The third kappa shape index (κ3) is 2.39. The maximum atomic E-state index is 8.76. The Hall–Kier alpha value is -1.61. The van der Waals surface area contributed by atoms with Crippen LogP contribution in [-0.4, -0.2) is 25.8 Å². The second-order valence-corrected chi connectivity index (χ2v) is 4.61. The Kier molecular flexibility index (Phi) is 3.59. The lowest BCUT2D eigenvalue weighted by Gasteiger charge is -2.04. The monoisotopic (exact) mass is 247 g/mol. The summed E-state index contributed by atoms with van der Waals surface area (Å²) >= 11 is 1.56. The first-order valence-electron chi connectivity index (χ1n) is 5.35. The van der Waals surface area contributed by atoms with E-state index in [1.807, 2.05) is 17.7 Å². The molecule has 0 spiro atoms. The molecule has 0 saturated heterocycles. The van der Waals surface area contributed by atoms with Crippen LogP contribution < -0.4 is 0 Å². The maximum absolute atomic E-state index is 8.76. The van der Waals surface area contributed by atoms with E-state index in [0.29, 0.717) is 0 Å². The van der Waals surface area contributed by atoms with Gasteiger partial charge in [0.25, 0.3) is 0 Å². The van der Waals surface area contributed by atoms with Crippen molar-refractivity contribution in [2.75, 3.05) is 6.26 Å². The van der Waals surface area contributed by atoms with Crippen molar-refractivity contribution in [2.24, 2.45) is 5.92 Å². The molecule has 6 heteroatoms. The van der Waals surface area contributed by atoms with E-state index >= 15 is 0 Å². The van der Waals surface area contributed by atoms with E-state index < -0.39 is 0 Å². The van der Waals surface area contributed by atoms with Gasteiger partial charge in [0.05, 0.1) is 12.4 Å². The van der Waals surface area contributed by atoms with Gasteiger partial charge in [0, 0.05) is 12.5 Å². The highest BCUT2D eigenvalue weighted by Gasteiger charge is 2.09. The van der Waals surface area contributed by atoms with Crippen molar-refractivity contribution in [1.29, 1.82) is 5.26 Å². The van der Waals surface area contributed by atoms with Crippen molar-refractivity contribution >= 4 is 22.9 Å². The molecule has 0 aliphatic carbocycles. The zero-order chi connectivity index (χ0) is 12.3. The molecule has 2 rings (SSSR count). The molecule has 17 heavy (non-hydrogen) atoms. The van der Waals surface area contributed by atoms with Crippen LogP contribution in [0.4, 0.5) is 0 Å². The van der Waals surface area contributed by atoms with Gasteiger partial charge in [0.1, 0.15) is 16.9 Å². The molecule has 2 aromatic heterocycles. The fourth-order valence-electron chi connectivity index (χ4n) is 1.57. The third-order valence-corrected chi connectivity index (χ3v) is 3.27. The number of aromatic nitrogens is 4. The van der Waals surface area contributed by atoms with Crippen molar-refractivity contribution in [1.82, 2.24) is 19.5 Å². The molecule has 0 saturated carbocycles. The second kappa shape index (κ2) is 5.15. The molecule has 88 valence electrons. The van der Waals surface area contributed by atoms with Gasteiger partial charge in [-0.3, -0.25) is 0 Å². The summed E-state index contributed by atoms with van der Waals surface area (Å²) in [4.78, 5) is 12.7. The summed E-state index contributed by atoms with van der Waals surface area (Å²) in [5.74, 6) is 0.0503. The number of nitrogens with zero attached hydrogens (tertiary/aromatic N) is 5. The molecule has 0 aliphatic rings. The number of hydrogen-bond acceptors (Lipinski definition) is 5. The minimum Gasteiger partial charge on any atom is -0.315 e. The summed E-state index contributed by atoms with van der Waals surface area (Å²) in [7, 11) is 0. The highest BCUT2D eigenvalue weighted by molar-refractivity contribution is 7.98. The van der Waals surface area contributed by atoms with E-state index in [2.05, 4.69) is 21.0 Å². The number of rotatable bonds is 4. The zero-order valence-corrected chi connectivity index (χ0v) is 10.6. The standard InChI is InChI=1S/C11H13N5S/c1-8(5-12)3-4-16-7-15-9-10(16)13-6-14-11(9)17-2/h6-8H,3-4H2,1-2H3. The number of nitriles is 1. The molecule has 1 atom stereocenters. The maximum Gasteiger partial charge on any atom is 0.164 e. The molecule has 0 bridgehead atoms. The van der Waals surface area contributed by atoms with Gasteiger partial charge in [0.15, 0.2) is 5.65 Å². The van der Waals surface area contributed by atoms with E-state index in [1.165, 1.54) is 0 Å². The second-order valence-electron chi connectivity index (χ2n) is 3.81. The molecule has 0 fully saturated rings. The van der Waals surface area contributed by atoms with Crippen LogP contribution in [0.2, 0.25) is 0 Å². The Balaban J connectivity index is 2.28. The minimum absolute atomic E-state index is 0.0503. The number of aryl methyl sites for hydroxylation is 1. The highest BCUT2D eigenvalue weighted by atomic mass is 32.2. The molecule has 0 N–H and O–H groups in total. The minimum atomic E-state index is 0.0503. The molecule has 0 radical (unpaired) electrons.